The second-order valence-electron chi connectivity index (χ2n) is 5.13. The van der Waals surface area contributed by atoms with Crippen LogP contribution in [0.25, 0.3) is 11.0 Å². The van der Waals surface area contributed by atoms with E-state index in [0.717, 1.165) is 18.2 Å². The van der Waals surface area contributed by atoms with E-state index in [1.807, 2.05) is 0 Å². The molecular weight excluding hydrogens is 308 g/mol. The fraction of sp³-hybridized carbons (Fsp3) is 0.133. The Morgan fingerprint density at radius 2 is 1.91 bits per heavy atom. The van der Waals surface area contributed by atoms with Crippen LogP contribution < -0.4 is 5.56 Å². The summed E-state index contributed by atoms with van der Waals surface area (Å²) in [6, 6.07) is 4.23. The lowest BCUT2D eigenvalue weighted by Gasteiger charge is -2.04. The van der Waals surface area contributed by atoms with Gasteiger partial charge in [-0.25, -0.2) is 18.3 Å². The van der Waals surface area contributed by atoms with Crippen LogP contribution in [-0.4, -0.2) is 25.8 Å². The number of carboxylic acid groups (broad SMARTS) is 1. The average Bonchev–Trinajstić information content (AvgIpc) is 2.76. The van der Waals surface area contributed by atoms with Gasteiger partial charge in [-0.2, -0.15) is 5.10 Å². The molecule has 1 aromatic carbocycles. The Labute approximate surface area is 128 Å². The van der Waals surface area contributed by atoms with Crippen molar-refractivity contribution in [1.82, 2.24) is 14.8 Å². The molecule has 0 spiro atoms. The second-order valence-corrected chi connectivity index (χ2v) is 5.13. The van der Waals surface area contributed by atoms with Crippen molar-refractivity contribution in [2.45, 2.75) is 13.5 Å². The highest BCUT2D eigenvalue weighted by Gasteiger charge is 2.19. The van der Waals surface area contributed by atoms with Crippen molar-refractivity contribution in [3.8, 4) is 0 Å². The van der Waals surface area contributed by atoms with Gasteiger partial charge in [0.05, 0.1) is 11.9 Å². The molecule has 0 unspecified atom stereocenters. The number of rotatable bonds is 3. The summed E-state index contributed by atoms with van der Waals surface area (Å²) in [5.74, 6) is -2.76. The zero-order chi connectivity index (χ0) is 16.7. The van der Waals surface area contributed by atoms with E-state index in [-0.39, 0.29) is 28.8 Å². The topological polar surface area (TPSA) is 88.0 Å². The van der Waals surface area contributed by atoms with Gasteiger partial charge < -0.3 is 10.1 Å². The van der Waals surface area contributed by atoms with E-state index in [1.165, 1.54) is 10.7 Å². The van der Waals surface area contributed by atoms with Crippen molar-refractivity contribution in [2.75, 3.05) is 0 Å². The summed E-state index contributed by atoms with van der Waals surface area (Å²) < 4.78 is 27.8. The lowest BCUT2D eigenvalue weighted by molar-refractivity contribution is 0.0691. The Hall–Kier alpha value is -3.03. The molecule has 8 heteroatoms. The number of aromatic nitrogens is 3. The molecule has 0 amide bonds. The molecule has 3 aromatic rings. The van der Waals surface area contributed by atoms with Crippen LogP contribution in [0, 0.1) is 18.6 Å². The van der Waals surface area contributed by atoms with Gasteiger partial charge in [0.25, 0.3) is 0 Å². The maximum absolute atomic E-state index is 13.3. The van der Waals surface area contributed by atoms with E-state index < -0.39 is 23.2 Å². The second kappa shape index (κ2) is 5.31. The maximum atomic E-state index is 13.3. The van der Waals surface area contributed by atoms with Crippen molar-refractivity contribution in [2.24, 2.45) is 0 Å². The molecule has 0 bridgehead atoms. The molecule has 2 aromatic heterocycles. The van der Waals surface area contributed by atoms with Gasteiger partial charge in [-0.05, 0) is 30.2 Å². The Morgan fingerprint density at radius 3 is 2.52 bits per heavy atom. The number of aromatic carboxylic acids is 1. The molecule has 23 heavy (non-hydrogen) atoms. The minimum Gasteiger partial charge on any atom is -0.476 e. The summed E-state index contributed by atoms with van der Waals surface area (Å²) >= 11 is 0. The molecule has 2 N–H and O–H groups in total. The van der Waals surface area contributed by atoms with E-state index in [2.05, 4.69) is 10.1 Å². The number of pyridine rings is 1. The summed E-state index contributed by atoms with van der Waals surface area (Å²) in [6.45, 7) is 1.51. The molecule has 0 atom stereocenters. The number of H-pyrrole nitrogens is 1. The van der Waals surface area contributed by atoms with Gasteiger partial charge >= 0.3 is 5.97 Å². The zero-order valence-corrected chi connectivity index (χ0v) is 11.9. The molecule has 3 rings (SSSR count). The molecular formula is C15H11F2N3O3. The van der Waals surface area contributed by atoms with Gasteiger partial charge in [-0.3, -0.25) is 4.79 Å². The number of aryl methyl sites for hydroxylation is 1. The van der Waals surface area contributed by atoms with Gasteiger partial charge in [0, 0.05) is 12.1 Å². The summed E-state index contributed by atoms with van der Waals surface area (Å²) in [6.07, 6.45) is 0. The predicted octanol–water partition coefficient (Wildman–Crippen LogP) is 2.06. The molecule has 0 saturated carbocycles. The van der Waals surface area contributed by atoms with Gasteiger partial charge in [-0.1, -0.05) is 0 Å². The van der Waals surface area contributed by atoms with Gasteiger partial charge in [0.1, 0.15) is 17.3 Å². The fourth-order valence-electron chi connectivity index (χ4n) is 2.52. The minimum atomic E-state index is -1.26. The number of nitrogens with zero attached hydrogens (tertiary/aromatic N) is 2. The number of halogens is 2. The van der Waals surface area contributed by atoms with Gasteiger partial charge in [0.2, 0.25) is 5.56 Å². The largest absolute Gasteiger partial charge is 0.476 e. The first-order valence-electron chi connectivity index (χ1n) is 6.64. The highest BCUT2D eigenvalue weighted by molar-refractivity contribution is 6.01. The highest BCUT2D eigenvalue weighted by Crippen LogP contribution is 2.21. The maximum Gasteiger partial charge on any atom is 0.357 e. The van der Waals surface area contributed by atoms with Crippen LogP contribution in [0.4, 0.5) is 8.78 Å². The van der Waals surface area contributed by atoms with E-state index in [4.69, 9.17) is 0 Å². The number of aromatic amines is 1. The normalized spacial score (nSPS) is 11.1. The van der Waals surface area contributed by atoms with Crippen LogP contribution in [0.3, 0.4) is 0 Å². The standard InChI is InChI=1S/C15H11F2N3O3/c1-7-2-11(21)18-14-12(7)13(15(22)23)19-20(14)6-8-3-9(16)5-10(17)4-8/h2-5H,6H2,1H3,(H,18,21)(H,22,23). The molecule has 6 nitrogen and oxygen atoms in total. The molecule has 2 heterocycles. The Balaban J connectivity index is 2.21. The van der Waals surface area contributed by atoms with Crippen molar-refractivity contribution < 1.29 is 18.7 Å². The van der Waals surface area contributed by atoms with Crippen LogP contribution in [-0.2, 0) is 6.54 Å². The third kappa shape index (κ3) is 2.70. The van der Waals surface area contributed by atoms with E-state index in [1.54, 1.807) is 6.92 Å². The Morgan fingerprint density at radius 1 is 1.26 bits per heavy atom. The van der Waals surface area contributed by atoms with Gasteiger partial charge in [0.15, 0.2) is 5.69 Å². The summed E-state index contributed by atoms with van der Waals surface area (Å²) in [5, 5.41) is 13.5. The van der Waals surface area contributed by atoms with Crippen LogP contribution >= 0.6 is 0 Å². The van der Waals surface area contributed by atoms with Crippen LogP contribution in [0.5, 0.6) is 0 Å². The summed E-state index contributed by atoms with van der Waals surface area (Å²) in [7, 11) is 0. The quantitative estimate of drug-likeness (QED) is 0.773. The van der Waals surface area contributed by atoms with Crippen molar-refractivity contribution >= 4 is 17.0 Å². The van der Waals surface area contributed by atoms with Crippen LogP contribution in [0.15, 0.2) is 29.1 Å². The van der Waals surface area contributed by atoms with Crippen molar-refractivity contribution in [3.05, 3.63) is 63.1 Å². The lowest BCUT2D eigenvalue weighted by Crippen LogP contribution is -2.09. The Bertz CT molecular complexity index is 971. The molecule has 0 aliphatic carbocycles. The SMILES string of the molecule is Cc1cc(=O)[nH]c2c1c(C(=O)O)nn2Cc1cc(F)cc(F)c1. The van der Waals surface area contributed by atoms with E-state index in [9.17, 15) is 23.5 Å². The Kier molecular flexibility index (Phi) is 3.44. The number of carbonyl (C=O) groups is 1. The number of hydrogen-bond donors (Lipinski definition) is 2. The van der Waals surface area contributed by atoms with Crippen molar-refractivity contribution in [3.63, 3.8) is 0 Å². The third-order valence-corrected chi connectivity index (χ3v) is 3.39. The fourth-order valence-corrected chi connectivity index (χ4v) is 2.52. The predicted molar refractivity (Wildman–Crippen MR) is 77.5 cm³/mol. The first-order chi connectivity index (χ1) is 10.8. The molecule has 118 valence electrons. The minimum absolute atomic E-state index is 0.0855. The smallest absolute Gasteiger partial charge is 0.357 e. The van der Waals surface area contributed by atoms with E-state index in [0.29, 0.717) is 5.56 Å². The number of hydrogen-bond acceptors (Lipinski definition) is 3. The lowest BCUT2D eigenvalue weighted by atomic mass is 10.1. The molecule has 0 saturated heterocycles. The van der Waals surface area contributed by atoms with Crippen LogP contribution in [0.1, 0.15) is 21.6 Å². The highest BCUT2D eigenvalue weighted by atomic mass is 19.1. The number of nitrogens with one attached hydrogen (secondary N) is 1. The first-order valence-corrected chi connectivity index (χ1v) is 6.64. The average molecular weight is 319 g/mol. The number of carboxylic acids is 1. The molecule has 0 aliphatic heterocycles. The first kappa shape index (κ1) is 14.9. The molecule has 0 aliphatic rings. The monoisotopic (exact) mass is 319 g/mol. The van der Waals surface area contributed by atoms with Crippen LogP contribution in [0.2, 0.25) is 0 Å². The third-order valence-electron chi connectivity index (χ3n) is 3.39. The molecule has 0 fully saturated rings. The number of fused-ring (bicyclic) bond motifs is 1. The summed E-state index contributed by atoms with van der Waals surface area (Å²) in [5.41, 5.74) is 0.255. The molecule has 0 radical (unpaired) electrons. The number of benzene rings is 1. The summed E-state index contributed by atoms with van der Waals surface area (Å²) in [4.78, 5) is 25.5. The van der Waals surface area contributed by atoms with E-state index >= 15 is 0 Å². The van der Waals surface area contributed by atoms with Crippen molar-refractivity contribution in [1.29, 1.82) is 0 Å². The van der Waals surface area contributed by atoms with Gasteiger partial charge in [-0.15, -0.1) is 0 Å². The zero-order valence-electron chi connectivity index (χ0n) is 11.9.